The average Bonchev–Trinajstić information content (AvgIpc) is 2.45. The molecule has 17 heavy (non-hydrogen) atoms. The van der Waals surface area contributed by atoms with Gasteiger partial charge in [0.15, 0.2) is 0 Å². The molecule has 1 N–H and O–H groups in total. The van der Waals surface area contributed by atoms with Gasteiger partial charge in [-0.05, 0) is 38.8 Å². The molecule has 1 aromatic rings. The van der Waals surface area contributed by atoms with Gasteiger partial charge in [-0.1, -0.05) is 11.6 Å². The standard InChI is InChI=1S/C10H15Cl2NO2S2/c1-7-6-8(16-9(7)12)17(14,15)13-10(2,3)4-5-11/h6,13H,4-5H2,1-3H3. The molecule has 0 saturated carbocycles. The number of hydrogen-bond acceptors (Lipinski definition) is 3. The maximum absolute atomic E-state index is 12.1. The first kappa shape index (κ1) is 15.2. The SMILES string of the molecule is Cc1cc(S(=O)(=O)NC(C)(C)CCCl)sc1Cl. The van der Waals surface area contributed by atoms with Gasteiger partial charge in [-0.25, -0.2) is 13.1 Å². The number of aryl methyl sites for hydroxylation is 1. The first-order valence-corrected chi connectivity index (χ1v) is 8.25. The molecule has 0 amide bonds. The Morgan fingerprint density at radius 2 is 2.06 bits per heavy atom. The van der Waals surface area contributed by atoms with Crippen molar-refractivity contribution in [1.82, 2.24) is 4.72 Å². The highest BCUT2D eigenvalue weighted by atomic mass is 35.5. The van der Waals surface area contributed by atoms with Crippen molar-refractivity contribution in [1.29, 1.82) is 0 Å². The van der Waals surface area contributed by atoms with Crippen LogP contribution in [-0.2, 0) is 10.0 Å². The largest absolute Gasteiger partial charge is 0.250 e. The van der Waals surface area contributed by atoms with Crippen LogP contribution in [0.3, 0.4) is 0 Å². The van der Waals surface area contributed by atoms with Crippen LogP contribution >= 0.6 is 34.5 Å². The minimum absolute atomic E-state index is 0.239. The third-order valence-corrected chi connectivity index (χ3v) is 6.15. The first-order valence-electron chi connectivity index (χ1n) is 5.04. The molecule has 7 heteroatoms. The highest BCUT2D eigenvalue weighted by Crippen LogP contribution is 2.30. The molecule has 3 nitrogen and oxygen atoms in total. The summed E-state index contributed by atoms with van der Waals surface area (Å²) in [6.07, 6.45) is 0.561. The summed E-state index contributed by atoms with van der Waals surface area (Å²) in [5, 5.41) is 0. The van der Waals surface area contributed by atoms with Gasteiger partial charge in [-0.3, -0.25) is 0 Å². The molecule has 0 unspecified atom stereocenters. The van der Waals surface area contributed by atoms with E-state index in [1.165, 1.54) is 0 Å². The van der Waals surface area contributed by atoms with Crippen LogP contribution in [-0.4, -0.2) is 19.8 Å². The third-order valence-electron chi connectivity index (χ3n) is 2.23. The summed E-state index contributed by atoms with van der Waals surface area (Å²) in [4.78, 5) is 0. The topological polar surface area (TPSA) is 46.2 Å². The summed E-state index contributed by atoms with van der Waals surface area (Å²) in [5.41, 5.74) is 0.206. The van der Waals surface area contributed by atoms with Crippen molar-refractivity contribution in [2.45, 2.75) is 36.9 Å². The van der Waals surface area contributed by atoms with E-state index in [0.717, 1.165) is 16.9 Å². The maximum atomic E-state index is 12.1. The van der Waals surface area contributed by atoms with E-state index in [-0.39, 0.29) is 4.21 Å². The highest BCUT2D eigenvalue weighted by Gasteiger charge is 2.27. The Bertz CT molecular complexity index is 475. The second kappa shape index (κ2) is 5.45. The fourth-order valence-electron chi connectivity index (χ4n) is 1.27. The van der Waals surface area contributed by atoms with Gasteiger partial charge in [0.1, 0.15) is 4.21 Å². The summed E-state index contributed by atoms with van der Waals surface area (Å²) < 4.78 is 27.5. The van der Waals surface area contributed by atoms with E-state index in [9.17, 15) is 8.42 Å². The number of alkyl halides is 1. The van der Waals surface area contributed by atoms with Crippen LogP contribution in [0.2, 0.25) is 4.34 Å². The highest BCUT2D eigenvalue weighted by molar-refractivity contribution is 7.91. The Labute approximate surface area is 116 Å². The minimum Gasteiger partial charge on any atom is -0.206 e. The van der Waals surface area contributed by atoms with E-state index in [1.807, 2.05) is 0 Å². The molecule has 98 valence electrons. The molecule has 0 aliphatic rings. The van der Waals surface area contributed by atoms with Gasteiger partial charge in [-0.15, -0.1) is 22.9 Å². The normalized spacial score (nSPS) is 13.0. The van der Waals surface area contributed by atoms with Gasteiger partial charge >= 0.3 is 0 Å². The number of halogens is 2. The van der Waals surface area contributed by atoms with Crippen LogP contribution in [0.5, 0.6) is 0 Å². The lowest BCUT2D eigenvalue weighted by Crippen LogP contribution is -2.43. The van der Waals surface area contributed by atoms with Crippen molar-refractivity contribution in [3.63, 3.8) is 0 Å². The summed E-state index contributed by atoms with van der Waals surface area (Å²) in [7, 11) is -3.52. The number of rotatable bonds is 5. The monoisotopic (exact) mass is 315 g/mol. The van der Waals surface area contributed by atoms with Crippen LogP contribution in [0.15, 0.2) is 10.3 Å². The summed E-state index contributed by atoms with van der Waals surface area (Å²) >= 11 is 12.6. The zero-order valence-corrected chi connectivity index (χ0v) is 13.0. The van der Waals surface area contributed by atoms with E-state index in [2.05, 4.69) is 4.72 Å². The molecule has 0 atom stereocenters. The zero-order chi connectivity index (χ0) is 13.3. The molecule has 0 fully saturated rings. The average molecular weight is 316 g/mol. The number of thiophene rings is 1. The summed E-state index contributed by atoms with van der Waals surface area (Å²) in [6, 6.07) is 1.58. The second-order valence-electron chi connectivity index (χ2n) is 4.45. The van der Waals surface area contributed by atoms with Crippen LogP contribution in [0.1, 0.15) is 25.8 Å². The quantitative estimate of drug-likeness (QED) is 0.846. The molecule has 0 saturated heterocycles. The zero-order valence-electron chi connectivity index (χ0n) is 9.88. The fraction of sp³-hybridized carbons (Fsp3) is 0.600. The molecular weight excluding hydrogens is 301 g/mol. The van der Waals surface area contributed by atoms with E-state index in [0.29, 0.717) is 16.6 Å². The Morgan fingerprint density at radius 1 is 1.47 bits per heavy atom. The molecule has 0 radical (unpaired) electrons. The van der Waals surface area contributed by atoms with Crippen molar-refractivity contribution < 1.29 is 8.42 Å². The lowest BCUT2D eigenvalue weighted by Gasteiger charge is -2.24. The summed E-state index contributed by atoms with van der Waals surface area (Å²) in [5.74, 6) is 0.403. The van der Waals surface area contributed by atoms with Gasteiger partial charge in [-0.2, -0.15) is 0 Å². The minimum atomic E-state index is -3.52. The van der Waals surface area contributed by atoms with Crippen LogP contribution in [0.4, 0.5) is 0 Å². The van der Waals surface area contributed by atoms with Gasteiger partial charge in [0.05, 0.1) is 4.34 Å². The number of sulfonamides is 1. The van der Waals surface area contributed by atoms with Crippen LogP contribution in [0, 0.1) is 6.92 Å². The predicted molar refractivity (Wildman–Crippen MR) is 73.8 cm³/mol. The third kappa shape index (κ3) is 4.10. The van der Waals surface area contributed by atoms with E-state index >= 15 is 0 Å². The van der Waals surface area contributed by atoms with Gasteiger partial charge in [0.2, 0.25) is 0 Å². The van der Waals surface area contributed by atoms with E-state index in [1.54, 1.807) is 26.8 Å². The lowest BCUT2D eigenvalue weighted by molar-refractivity contribution is 0.442. The molecule has 0 spiro atoms. The molecule has 1 heterocycles. The molecule has 1 aromatic heterocycles. The molecular formula is C10H15Cl2NO2S2. The lowest BCUT2D eigenvalue weighted by atomic mass is 10.0. The van der Waals surface area contributed by atoms with Crippen molar-refractivity contribution in [2.24, 2.45) is 0 Å². The number of nitrogens with one attached hydrogen (secondary N) is 1. The van der Waals surface area contributed by atoms with Gasteiger partial charge < -0.3 is 0 Å². The van der Waals surface area contributed by atoms with Crippen molar-refractivity contribution in [3.05, 3.63) is 16.0 Å². The fourth-order valence-corrected chi connectivity index (χ4v) is 4.89. The van der Waals surface area contributed by atoms with Crippen molar-refractivity contribution >= 4 is 44.6 Å². The molecule has 0 aliphatic carbocycles. The predicted octanol–water partition coefficient (Wildman–Crippen LogP) is 3.40. The Morgan fingerprint density at radius 3 is 2.47 bits per heavy atom. The van der Waals surface area contributed by atoms with Crippen LogP contribution in [0.25, 0.3) is 0 Å². The molecule has 0 aromatic carbocycles. The Balaban J connectivity index is 2.97. The molecule has 0 aliphatic heterocycles. The van der Waals surface area contributed by atoms with Gasteiger partial charge in [0.25, 0.3) is 10.0 Å². The molecule has 1 rings (SSSR count). The Hall–Kier alpha value is 0.190. The summed E-state index contributed by atoms with van der Waals surface area (Å²) in [6.45, 7) is 5.38. The Kier molecular flexibility index (Phi) is 4.88. The number of hydrogen-bond donors (Lipinski definition) is 1. The van der Waals surface area contributed by atoms with Crippen molar-refractivity contribution in [2.75, 3.05) is 5.88 Å². The van der Waals surface area contributed by atoms with Crippen molar-refractivity contribution in [3.8, 4) is 0 Å². The van der Waals surface area contributed by atoms with E-state index < -0.39 is 15.6 Å². The van der Waals surface area contributed by atoms with Gasteiger partial charge in [0, 0.05) is 11.4 Å². The van der Waals surface area contributed by atoms with Crippen LogP contribution < -0.4 is 4.72 Å². The van der Waals surface area contributed by atoms with E-state index in [4.69, 9.17) is 23.2 Å². The smallest absolute Gasteiger partial charge is 0.206 e. The second-order valence-corrected chi connectivity index (χ2v) is 8.39. The maximum Gasteiger partial charge on any atom is 0.250 e. The first-order chi connectivity index (χ1) is 7.68. The molecule has 0 bridgehead atoms.